The highest BCUT2D eigenvalue weighted by Gasteiger charge is 2.02. The fourth-order valence-corrected chi connectivity index (χ4v) is 1.48. The first-order chi connectivity index (χ1) is 6.09. The minimum absolute atomic E-state index is 0.276. The summed E-state index contributed by atoms with van der Waals surface area (Å²) in [6.45, 7) is 4.36. The van der Waals surface area contributed by atoms with Crippen molar-refractivity contribution in [3.8, 4) is 0 Å². The maximum Gasteiger partial charge on any atom is 0.0841 e. The Bertz CT molecular complexity index is 269. The maximum absolute atomic E-state index is 5.72. The lowest BCUT2D eigenvalue weighted by Crippen LogP contribution is -2.14. The number of halogens is 1. The van der Waals surface area contributed by atoms with Gasteiger partial charge in [-0.05, 0) is 17.0 Å². The number of alkyl halides is 1. The SMILES string of the molecule is CC(C)c1cccc(CC(N)Cl)c1. The molecule has 72 valence electrons. The number of hydrogen-bond acceptors (Lipinski definition) is 1. The van der Waals surface area contributed by atoms with Gasteiger partial charge in [0.05, 0.1) is 5.50 Å². The van der Waals surface area contributed by atoms with Crippen molar-refractivity contribution in [2.24, 2.45) is 5.73 Å². The number of hydrogen-bond donors (Lipinski definition) is 1. The molecule has 2 N–H and O–H groups in total. The second kappa shape index (κ2) is 4.64. The summed E-state index contributed by atoms with van der Waals surface area (Å²) in [5.41, 5.74) is 7.80. The van der Waals surface area contributed by atoms with Gasteiger partial charge in [-0.1, -0.05) is 38.1 Å². The molecule has 0 aromatic heterocycles. The summed E-state index contributed by atoms with van der Waals surface area (Å²) >= 11 is 5.72. The third kappa shape index (κ3) is 3.37. The molecular formula is C11H16ClN. The van der Waals surface area contributed by atoms with Gasteiger partial charge in [-0.15, -0.1) is 11.6 Å². The highest BCUT2D eigenvalue weighted by Crippen LogP contribution is 2.16. The molecule has 0 radical (unpaired) electrons. The van der Waals surface area contributed by atoms with Gasteiger partial charge in [-0.3, -0.25) is 0 Å². The zero-order chi connectivity index (χ0) is 9.84. The van der Waals surface area contributed by atoms with E-state index in [1.165, 1.54) is 11.1 Å². The van der Waals surface area contributed by atoms with Gasteiger partial charge in [0.1, 0.15) is 0 Å². The van der Waals surface area contributed by atoms with Crippen LogP contribution in [0.3, 0.4) is 0 Å². The van der Waals surface area contributed by atoms with Gasteiger partial charge in [0, 0.05) is 6.42 Å². The third-order valence-corrected chi connectivity index (χ3v) is 2.20. The van der Waals surface area contributed by atoms with Crippen LogP contribution in [0.1, 0.15) is 30.9 Å². The van der Waals surface area contributed by atoms with E-state index in [1.54, 1.807) is 0 Å². The lowest BCUT2D eigenvalue weighted by atomic mass is 10.00. The van der Waals surface area contributed by atoms with E-state index in [4.69, 9.17) is 17.3 Å². The smallest absolute Gasteiger partial charge is 0.0841 e. The topological polar surface area (TPSA) is 26.0 Å². The summed E-state index contributed by atoms with van der Waals surface area (Å²) in [4.78, 5) is 0. The molecule has 0 aliphatic rings. The predicted octanol–water partition coefficient (Wildman–Crippen LogP) is 2.88. The molecule has 0 saturated heterocycles. The summed E-state index contributed by atoms with van der Waals surface area (Å²) in [7, 11) is 0. The lowest BCUT2D eigenvalue weighted by Gasteiger charge is -2.08. The van der Waals surface area contributed by atoms with Crippen molar-refractivity contribution in [3.63, 3.8) is 0 Å². The zero-order valence-electron chi connectivity index (χ0n) is 8.13. The third-order valence-electron chi connectivity index (χ3n) is 2.05. The fraction of sp³-hybridized carbons (Fsp3) is 0.455. The molecule has 1 nitrogen and oxygen atoms in total. The molecule has 0 bridgehead atoms. The Labute approximate surface area is 84.9 Å². The Morgan fingerprint density at radius 2 is 2.08 bits per heavy atom. The molecule has 0 heterocycles. The van der Waals surface area contributed by atoms with Crippen LogP contribution in [-0.4, -0.2) is 5.50 Å². The summed E-state index contributed by atoms with van der Waals surface area (Å²) in [6, 6.07) is 8.43. The van der Waals surface area contributed by atoms with Gasteiger partial charge in [-0.2, -0.15) is 0 Å². The largest absolute Gasteiger partial charge is 0.315 e. The minimum Gasteiger partial charge on any atom is -0.315 e. The molecule has 1 aromatic rings. The van der Waals surface area contributed by atoms with E-state index < -0.39 is 0 Å². The maximum atomic E-state index is 5.72. The quantitative estimate of drug-likeness (QED) is 0.585. The Hall–Kier alpha value is -0.530. The van der Waals surface area contributed by atoms with Crippen molar-refractivity contribution >= 4 is 11.6 Å². The summed E-state index contributed by atoms with van der Waals surface area (Å²) in [5, 5.41) is 0. The van der Waals surface area contributed by atoms with Crippen molar-refractivity contribution in [2.75, 3.05) is 0 Å². The van der Waals surface area contributed by atoms with Crippen LogP contribution in [0.4, 0.5) is 0 Å². The molecule has 1 rings (SSSR count). The van der Waals surface area contributed by atoms with Gasteiger partial charge in [0.15, 0.2) is 0 Å². The van der Waals surface area contributed by atoms with E-state index in [9.17, 15) is 0 Å². The molecule has 0 saturated carbocycles. The molecule has 1 unspecified atom stereocenters. The predicted molar refractivity (Wildman–Crippen MR) is 58.1 cm³/mol. The van der Waals surface area contributed by atoms with Crippen LogP contribution in [0.15, 0.2) is 24.3 Å². The molecule has 2 heteroatoms. The van der Waals surface area contributed by atoms with Gasteiger partial charge in [-0.25, -0.2) is 0 Å². The second-order valence-electron chi connectivity index (χ2n) is 3.62. The van der Waals surface area contributed by atoms with Crippen molar-refractivity contribution in [2.45, 2.75) is 31.7 Å². The van der Waals surface area contributed by atoms with Crippen molar-refractivity contribution in [3.05, 3.63) is 35.4 Å². The van der Waals surface area contributed by atoms with Crippen LogP contribution in [0.5, 0.6) is 0 Å². The van der Waals surface area contributed by atoms with E-state index in [0.29, 0.717) is 5.92 Å². The molecule has 1 atom stereocenters. The Kier molecular flexibility index (Phi) is 3.76. The van der Waals surface area contributed by atoms with E-state index in [-0.39, 0.29) is 5.50 Å². The van der Waals surface area contributed by atoms with Gasteiger partial charge >= 0.3 is 0 Å². The van der Waals surface area contributed by atoms with Crippen molar-refractivity contribution in [1.82, 2.24) is 0 Å². The number of benzene rings is 1. The minimum atomic E-state index is -0.276. The number of rotatable bonds is 3. The Morgan fingerprint density at radius 1 is 1.38 bits per heavy atom. The summed E-state index contributed by atoms with van der Waals surface area (Å²) in [6.07, 6.45) is 0.738. The first-order valence-electron chi connectivity index (χ1n) is 4.58. The van der Waals surface area contributed by atoms with Crippen LogP contribution >= 0.6 is 11.6 Å². The average molecular weight is 198 g/mol. The molecular weight excluding hydrogens is 182 g/mol. The Balaban J connectivity index is 2.79. The van der Waals surface area contributed by atoms with Crippen LogP contribution < -0.4 is 5.73 Å². The summed E-state index contributed by atoms with van der Waals surface area (Å²) < 4.78 is 0. The molecule has 0 fully saturated rings. The van der Waals surface area contributed by atoms with E-state index in [1.807, 2.05) is 0 Å². The summed E-state index contributed by atoms with van der Waals surface area (Å²) in [5.74, 6) is 0.562. The molecule has 0 spiro atoms. The highest BCUT2D eigenvalue weighted by atomic mass is 35.5. The first-order valence-corrected chi connectivity index (χ1v) is 5.01. The molecule has 0 aliphatic carbocycles. The fourth-order valence-electron chi connectivity index (χ4n) is 1.30. The zero-order valence-corrected chi connectivity index (χ0v) is 8.88. The number of nitrogens with two attached hydrogens (primary N) is 1. The van der Waals surface area contributed by atoms with Crippen LogP contribution in [0.2, 0.25) is 0 Å². The van der Waals surface area contributed by atoms with Crippen molar-refractivity contribution in [1.29, 1.82) is 0 Å². The van der Waals surface area contributed by atoms with Gasteiger partial charge < -0.3 is 5.73 Å². The normalized spacial score (nSPS) is 13.3. The second-order valence-corrected chi connectivity index (χ2v) is 4.18. The van der Waals surface area contributed by atoms with Crippen LogP contribution in [0, 0.1) is 0 Å². The molecule has 0 aliphatic heterocycles. The highest BCUT2D eigenvalue weighted by molar-refractivity contribution is 6.20. The molecule has 0 amide bonds. The standard InChI is InChI=1S/C11H16ClN/c1-8(2)10-5-3-4-9(6-10)7-11(12)13/h3-6,8,11H,7,13H2,1-2H3. The van der Waals surface area contributed by atoms with Crippen LogP contribution in [-0.2, 0) is 6.42 Å². The van der Waals surface area contributed by atoms with Gasteiger partial charge in [0.2, 0.25) is 0 Å². The van der Waals surface area contributed by atoms with E-state index in [0.717, 1.165) is 6.42 Å². The van der Waals surface area contributed by atoms with E-state index in [2.05, 4.69) is 38.1 Å². The molecule has 1 aromatic carbocycles. The molecule has 13 heavy (non-hydrogen) atoms. The van der Waals surface area contributed by atoms with E-state index >= 15 is 0 Å². The Morgan fingerprint density at radius 3 is 2.62 bits per heavy atom. The van der Waals surface area contributed by atoms with Gasteiger partial charge in [0.25, 0.3) is 0 Å². The van der Waals surface area contributed by atoms with Crippen LogP contribution in [0.25, 0.3) is 0 Å². The average Bonchev–Trinajstić information content (AvgIpc) is 2.03. The van der Waals surface area contributed by atoms with Crippen molar-refractivity contribution < 1.29 is 0 Å². The first kappa shape index (κ1) is 10.6. The monoisotopic (exact) mass is 197 g/mol. The lowest BCUT2D eigenvalue weighted by molar-refractivity contribution is 0.848.